The summed E-state index contributed by atoms with van der Waals surface area (Å²) in [5.41, 5.74) is 0.473. The van der Waals surface area contributed by atoms with Gasteiger partial charge < -0.3 is 9.84 Å². The van der Waals surface area contributed by atoms with Crippen LogP contribution in [0.25, 0.3) is 4.85 Å². The van der Waals surface area contributed by atoms with Crippen LogP contribution in [0.5, 0.6) is 0 Å². The quantitative estimate of drug-likeness (QED) is 0.300. The first-order chi connectivity index (χ1) is 16.7. The molecule has 4 heteroatoms. The third-order valence-electron chi connectivity index (χ3n) is 13.8. The van der Waals surface area contributed by atoms with Gasteiger partial charge in [-0.2, -0.15) is 0 Å². The first-order valence-electron chi connectivity index (χ1n) is 14.6. The van der Waals surface area contributed by atoms with E-state index in [2.05, 4.69) is 53.3 Å². The summed E-state index contributed by atoms with van der Waals surface area (Å²) in [7, 11) is 0. The summed E-state index contributed by atoms with van der Waals surface area (Å²) in [6.07, 6.45) is 9.71. The van der Waals surface area contributed by atoms with Crippen LogP contribution in [0.1, 0.15) is 106 Å². The van der Waals surface area contributed by atoms with Crippen LogP contribution in [0.4, 0.5) is 0 Å². The Labute approximate surface area is 218 Å². The Bertz CT molecular complexity index is 1080. The Morgan fingerprint density at radius 2 is 1.61 bits per heavy atom. The predicted molar refractivity (Wildman–Crippen MR) is 141 cm³/mol. The van der Waals surface area contributed by atoms with Crippen molar-refractivity contribution in [3.8, 4) is 0 Å². The number of rotatable bonds is 1. The van der Waals surface area contributed by atoms with E-state index in [0.29, 0.717) is 42.1 Å². The summed E-state index contributed by atoms with van der Waals surface area (Å²) in [5.74, 6) is 1.88. The molecule has 198 valence electrons. The molecule has 0 radical (unpaired) electrons. The van der Waals surface area contributed by atoms with Gasteiger partial charge in [0.1, 0.15) is 11.5 Å². The number of ketones is 1. The average Bonchev–Trinajstić information content (AvgIpc) is 3.63. The zero-order chi connectivity index (χ0) is 26.1. The van der Waals surface area contributed by atoms with Crippen LogP contribution in [-0.2, 0) is 9.53 Å². The minimum absolute atomic E-state index is 0.0247. The van der Waals surface area contributed by atoms with Crippen molar-refractivity contribution < 1.29 is 14.6 Å². The van der Waals surface area contributed by atoms with Crippen LogP contribution in [0.3, 0.4) is 0 Å². The smallest absolute Gasteiger partial charge is 0.203 e. The minimum atomic E-state index is -0.423. The molecular formula is C32H47NO3. The van der Waals surface area contributed by atoms with Crippen LogP contribution in [0.2, 0.25) is 0 Å². The summed E-state index contributed by atoms with van der Waals surface area (Å²) >= 11 is 0. The van der Waals surface area contributed by atoms with Gasteiger partial charge in [0.2, 0.25) is 5.70 Å². The lowest BCUT2D eigenvalue weighted by atomic mass is 9.31. The first kappa shape index (κ1) is 25.0. The second-order valence-electron chi connectivity index (χ2n) is 16.0. The van der Waals surface area contributed by atoms with Crippen LogP contribution in [-0.4, -0.2) is 23.6 Å². The van der Waals surface area contributed by atoms with E-state index in [1.807, 2.05) is 0 Å². The van der Waals surface area contributed by atoms with Gasteiger partial charge in [-0.25, -0.2) is 4.85 Å². The number of ether oxygens (including phenoxy) is 1. The van der Waals surface area contributed by atoms with Gasteiger partial charge in [-0.1, -0.05) is 48.5 Å². The molecule has 0 aromatic rings. The molecule has 1 aliphatic heterocycles. The molecule has 6 aliphatic rings. The number of allylic oxidation sites excluding steroid dienone is 2. The van der Waals surface area contributed by atoms with Crippen molar-refractivity contribution >= 4 is 5.78 Å². The van der Waals surface area contributed by atoms with Crippen molar-refractivity contribution in [1.29, 1.82) is 0 Å². The summed E-state index contributed by atoms with van der Waals surface area (Å²) in [4.78, 5) is 18.3. The molecule has 1 N–H and O–H groups in total. The van der Waals surface area contributed by atoms with Crippen molar-refractivity contribution in [2.45, 2.75) is 112 Å². The van der Waals surface area contributed by atoms with Gasteiger partial charge in [0.05, 0.1) is 19.3 Å². The number of carbonyl (C=O) groups excluding carboxylic acids is 1. The average molecular weight is 494 g/mol. The van der Waals surface area contributed by atoms with E-state index in [9.17, 15) is 9.90 Å². The number of nitrogens with zero attached hydrogens (tertiary/aromatic N) is 1. The van der Waals surface area contributed by atoms with Gasteiger partial charge in [0.15, 0.2) is 0 Å². The molecule has 5 aliphatic carbocycles. The molecular weight excluding hydrogens is 446 g/mol. The van der Waals surface area contributed by atoms with Crippen molar-refractivity contribution in [2.75, 3.05) is 6.61 Å². The Morgan fingerprint density at radius 1 is 0.944 bits per heavy atom. The maximum Gasteiger partial charge on any atom is 0.203 e. The molecule has 0 spiro atoms. The Kier molecular flexibility index (Phi) is 4.99. The molecule has 9 atom stereocenters. The van der Waals surface area contributed by atoms with Crippen LogP contribution in [0.15, 0.2) is 11.5 Å². The number of hydrogen-bond donors (Lipinski definition) is 1. The van der Waals surface area contributed by atoms with E-state index in [4.69, 9.17) is 11.3 Å². The van der Waals surface area contributed by atoms with Gasteiger partial charge in [0, 0.05) is 23.2 Å². The molecule has 1 unspecified atom stereocenters. The van der Waals surface area contributed by atoms with Crippen LogP contribution in [0, 0.1) is 62.7 Å². The van der Waals surface area contributed by atoms with E-state index in [-0.39, 0.29) is 44.8 Å². The van der Waals surface area contributed by atoms with E-state index >= 15 is 0 Å². The molecule has 6 rings (SSSR count). The second-order valence-corrected chi connectivity index (χ2v) is 16.0. The van der Waals surface area contributed by atoms with E-state index < -0.39 is 5.41 Å². The standard InChI is InChI=1S/C32H47NO3/c1-27(2)11-13-32(24-18-36-24)14-12-31(7)25(19(32)16-27)21(34)15-23-29(5)17-20(33-8)26(35)28(3,4)22(29)9-10-30(23,31)6/h19,22-25,35H,9-18H2,1-7H3/t19-,22-,23+,24?,25-,29-,30+,31+,32-/m0/s1. The maximum atomic E-state index is 14.5. The largest absolute Gasteiger partial charge is 0.523 e. The van der Waals surface area contributed by atoms with Gasteiger partial charge >= 0.3 is 0 Å². The van der Waals surface area contributed by atoms with Gasteiger partial charge in [-0.05, 0) is 90.8 Å². The monoisotopic (exact) mass is 493 g/mol. The third-order valence-corrected chi connectivity index (χ3v) is 13.8. The molecule has 5 fully saturated rings. The van der Waals surface area contributed by atoms with Crippen molar-refractivity contribution in [1.82, 2.24) is 0 Å². The molecule has 1 saturated heterocycles. The molecule has 0 aromatic heterocycles. The van der Waals surface area contributed by atoms with Crippen molar-refractivity contribution in [2.24, 2.45) is 56.2 Å². The van der Waals surface area contributed by atoms with Crippen molar-refractivity contribution in [3.05, 3.63) is 22.9 Å². The zero-order valence-corrected chi connectivity index (χ0v) is 23.7. The zero-order valence-electron chi connectivity index (χ0n) is 23.7. The van der Waals surface area contributed by atoms with Gasteiger partial charge in [0.25, 0.3) is 0 Å². The number of aliphatic hydroxyl groups is 1. The molecule has 0 aromatic carbocycles. The number of carbonyl (C=O) groups is 1. The second kappa shape index (κ2) is 7.19. The van der Waals surface area contributed by atoms with E-state index in [1.54, 1.807) is 0 Å². The van der Waals surface area contributed by atoms with Crippen molar-refractivity contribution in [3.63, 3.8) is 0 Å². The fourth-order valence-corrected chi connectivity index (χ4v) is 11.6. The summed E-state index contributed by atoms with van der Waals surface area (Å²) < 4.78 is 6.03. The number of hydrogen-bond acceptors (Lipinski definition) is 3. The maximum absolute atomic E-state index is 14.5. The van der Waals surface area contributed by atoms with Crippen LogP contribution < -0.4 is 0 Å². The first-order valence-corrected chi connectivity index (χ1v) is 14.6. The molecule has 4 saturated carbocycles. The third kappa shape index (κ3) is 2.88. The minimum Gasteiger partial charge on any atom is -0.523 e. The fourth-order valence-electron chi connectivity index (χ4n) is 11.6. The number of epoxide rings is 1. The highest BCUT2D eigenvalue weighted by Crippen LogP contribution is 2.77. The lowest BCUT2D eigenvalue weighted by molar-refractivity contribution is -0.233. The lowest BCUT2D eigenvalue weighted by Crippen LogP contribution is -2.69. The lowest BCUT2D eigenvalue weighted by Gasteiger charge is -2.72. The molecule has 0 amide bonds. The highest BCUT2D eigenvalue weighted by Gasteiger charge is 2.73. The molecule has 0 bridgehead atoms. The number of fused-ring (bicyclic) bond motifs is 7. The van der Waals surface area contributed by atoms with Crippen LogP contribution >= 0.6 is 0 Å². The van der Waals surface area contributed by atoms with E-state index in [0.717, 1.165) is 32.3 Å². The summed E-state index contributed by atoms with van der Waals surface area (Å²) in [6, 6.07) is 0. The Balaban J connectivity index is 1.45. The summed E-state index contributed by atoms with van der Waals surface area (Å²) in [6.45, 7) is 25.2. The number of aliphatic hydroxyl groups excluding tert-OH is 1. The fraction of sp³-hybridized carbons (Fsp3) is 0.875. The molecule has 4 nitrogen and oxygen atoms in total. The topological polar surface area (TPSA) is 54.2 Å². The molecule has 1 heterocycles. The summed E-state index contributed by atoms with van der Waals surface area (Å²) in [5, 5.41) is 11.1. The van der Waals surface area contributed by atoms with Gasteiger partial charge in [-0.15, -0.1) is 0 Å². The highest BCUT2D eigenvalue weighted by atomic mass is 16.6. The molecule has 36 heavy (non-hydrogen) atoms. The normalized spacial score (nSPS) is 52.8. The number of Topliss-reactive ketones (excluding diaryl/α,β-unsaturated/α-hetero) is 1. The van der Waals surface area contributed by atoms with E-state index in [1.165, 1.54) is 19.3 Å². The Hall–Kier alpha value is -1.34. The predicted octanol–water partition coefficient (Wildman–Crippen LogP) is 7.74. The SMILES string of the molecule is [C-]#[N+]C1=C(O)C(C)(C)[C@@H]2CC[C@]3(C)[C@H](CC(=O)[C@@H]4[C@@H]5CC(C)(C)CC[C@]5(C5CO5)CC[C@]43C)[C@@]2(C)C1. The Morgan fingerprint density at radius 3 is 2.25 bits per heavy atom. The van der Waals surface area contributed by atoms with Gasteiger partial charge in [-0.3, -0.25) is 4.79 Å². The highest BCUT2D eigenvalue weighted by molar-refractivity contribution is 5.84.